The maximum atomic E-state index is 13.0. The van der Waals surface area contributed by atoms with Gasteiger partial charge in [-0.15, -0.1) is 0 Å². The number of benzene rings is 1. The minimum atomic E-state index is -4.42. The van der Waals surface area contributed by atoms with Crippen LogP contribution in [0.1, 0.15) is 49.7 Å². The number of amides is 1. The highest BCUT2D eigenvalue weighted by Crippen LogP contribution is 2.47. The van der Waals surface area contributed by atoms with Crippen molar-refractivity contribution >= 4 is 11.9 Å². The second-order valence-electron chi connectivity index (χ2n) is 7.14. The summed E-state index contributed by atoms with van der Waals surface area (Å²) in [4.78, 5) is 23.5. The third kappa shape index (κ3) is 3.24. The Morgan fingerprint density at radius 1 is 1.12 bits per heavy atom. The zero-order valence-corrected chi connectivity index (χ0v) is 13.7. The van der Waals surface area contributed by atoms with Crippen LogP contribution in [0.15, 0.2) is 24.3 Å². The molecule has 2 aliphatic rings. The molecular formula is C18H20F3NO3. The van der Waals surface area contributed by atoms with E-state index in [1.165, 1.54) is 6.07 Å². The lowest BCUT2D eigenvalue weighted by Gasteiger charge is -2.31. The maximum absolute atomic E-state index is 13.0. The molecule has 2 aliphatic carbocycles. The monoisotopic (exact) mass is 355 g/mol. The molecule has 0 heterocycles. The molecule has 2 saturated carbocycles. The Morgan fingerprint density at radius 3 is 2.28 bits per heavy atom. The van der Waals surface area contributed by atoms with Crippen LogP contribution < -0.4 is 5.32 Å². The normalized spacial score (nSPS) is 20.9. The van der Waals surface area contributed by atoms with Crippen LogP contribution in [-0.4, -0.2) is 23.5 Å². The molecular weight excluding hydrogens is 335 g/mol. The predicted molar refractivity (Wildman–Crippen MR) is 83.9 cm³/mol. The zero-order chi connectivity index (χ0) is 18.3. The van der Waals surface area contributed by atoms with E-state index in [1.54, 1.807) is 6.07 Å². The van der Waals surface area contributed by atoms with Gasteiger partial charge >= 0.3 is 12.1 Å². The van der Waals surface area contributed by atoms with E-state index in [0.29, 0.717) is 31.2 Å². The maximum Gasteiger partial charge on any atom is 0.416 e. The van der Waals surface area contributed by atoms with Gasteiger partial charge in [0.25, 0.3) is 0 Å². The minimum absolute atomic E-state index is 0.169. The molecule has 0 spiro atoms. The number of aliphatic carboxylic acids is 1. The Kier molecular flexibility index (Phi) is 4.29. The summed E-state index contributed by atoms with van der Waals surface area (Å²) in [6.07, 6.45) is -0.703. The summed E-state index contributed by atoms with van der Waals surface area (Å²) in [7, 11) is 0. The summed E-state index contributed by atoms with van der Waals surface area (Å²) >= 11 is 0. The van der Waals surface area contributed by atoms with Crippen molar-refractivity contribution in [3.63, 3.8) is 0 Å². The summed E-state index contributed by atoms with van der Waals surface area (Å²) in [5, 5.41) is 11.9. The number of hydrogen-bond acceptors (Lipinski definition) is 2. The molecule has 1 aromatic rings. The van der Waals surface area contributed by atoms with Gasteiger partial charge < -0.3 is 10.4 Å². The van der Waals surface area contributed by atoms with E-state index in [0.717, 1.165) is 25.0 Å². The van der Waals surface area contributed by atoms with E-state index in [4.69, 9.17) is 0 Å². The summed E-state index contributed by atoms with van der Waals surface area (Å²) < 4.78 is 39.0. The number of carboxylic acids is 1. The molecule has 0 radical (unpaired) electrons. The van der Waals surface area contributed by atoms with Crippen LogP contribution in [0.3, 0.4) is 0 Å². The molecule has 2 fully saturated rings. The Balaban J connectivity index is 1.81. The SMILES string of the molecule is O=C(O)C1(C(=O)NCC2(c3cccc(C(F)(F)F)c3)CCCC2)CC1. The first kappa shape index (κ1) is 17.8. The van der Waals surface area contributed by atoms with Gasteiger partial charge in [-0.25, -0.2) is 0 Å². The van der Waals surface area contributed by atoms with Gasteiger partial charge in [0.1, 0.15) is 5.41 Å². The van der Waals surface area contributed by atoms with Crippen molar-refractivity contribution in [3.05, 3.63) is 35.4 Å². The van der Waals surface area contributed by atoms with Crippen LogP contribution >= 0.6 is 0 Å². The van der Waals surface area contributed by atoms with E-state index in [9.17, 15) is 27.9 Å². The van der Waals surface area contributed by atoms with Gasteiger partial charge in [-0.2, -0.15) is 13.2 Å². The third-order valence-corrected chi connectivity index (χ3v) is 5.54. The Hall–Kier alpha value is -2.05. The highest BCUT2D eigenvalue weighted by molar-refractivity contribution is 6.04. The Labute approximate surface area is 143 Å². The molecule has 3 rings (SSSR count). The molecule has 0 aliphatic heterocycles. The summed E-state index contributed by atoms with van der Waals surface area (Å²) in [6.45, 7) is 0.169. The number of halogens is 3. The molecule has 1 aromatic carbocycles. The van der Waals surface area contributed by atoms with Crippen LogP contribution in [0.25, 0.3) is 0 Å². The Morgan fingerprint density at radius 2 is 1.76 bits per heavy atom. The molecule has 7 heteroatoms. The molecule has 2 N–H and O–H groups in total. The summed E-state index contributed by atoms with van der Waals surface area (Å²) in [6, 6.07) is 5.24. The lowest BCUT2D eigenvalue weighted by molar-refractivity contribution is -0.149. The molecule has 1 amide bonds. The predicted octanol–water partition coefficient (Wildman–Crippen LogP) is 3.50. The highest BCUT2D eigenvalue weighted by Gasteiger charge is 2.57. The van der Waals surface area contributed by atoms with Crippen molar-refractivity contribution in [3.8, 4) is 0 Å². The summed E-state index contributed by atoms with van der Waals surface area (Å²) in [5.41, 5.74) is -2.05. The number of alkyl halides is 3. The van der Waals surface area contributed by atoms with Gasteiger partial charge in [0.2, 0.25) is 5.91 Å². The van der Waals surface area contributed by atoms with Crippen LogP contribution in [-0.2, 0) is 21.2 Å². The molecule has 25 heavy (non-hydrogen) atoms. The fourth-order valence-electron chi connectivity index (χ4n) is 3.73. The van der Waals surface area contributed by atoms with Gasteiger partial charge in [0.15, 0.2) is 0 Å². The molecule has 0 bridgehead atoms. The molecule has 0 saturated heterocycles. The van der Waals surface area contributed by atoms with Crippen LogP contribution in [0.5, 0.6) is 0 Å². The number of nitrogens with one attached hydrogen (secondary N) is 1. The van der Waals surface area contributed by atoms with Crippen molar-refractivity contribution in [2.45, 2.75) is 50.1 Å². The first-order valence-corrected chi connectivity index (χ1v) is 8.39. The molecule has 0 aromatic heterocycles. The smallest absolute Gasteiger partial charge is 0.416 e. The van der Waals surface area contributed by atoms with Crippen molar-refractivity contribution < 1.29 is 27.9 Å². The van der Waals surface area contributed by atoms with Crippen molar-refractivity contribution in [1.29, 1.82) is 0 Å². The van der Waals surface area contributed by atoms with Gasteiger partial charge in [-0.1, -0.05) is 31.0 Å². The van der Waals surface area contributed by atoms with E-state index >= 15 is 0 Å². The molecule has 136 valence electrons. The number of rotatable bonds is 5. The lowest BCUT2D eigenvalue weighted by Crippen LogP contribution is -2.44. The summed E-state index contributed by atoms with van der Waals surface area (Å²) in [5.74, 6) is -1.66. The quantitative estimate of drug-likeness (QED) is 0.795. The fraction of sp³-hybridized carbons (Fsp3) is 0.556. The van der Waals surface area contributed by atoms with E-state index < -0.39 is 34.4 Å². The average Bonchev–Trinajstić information content (AvgIpc) is 3.25. The zero-order valence-electron chi connectivity index (χ0n) is 13.7. The number of carbonyl (C=O) groups is 2. The molecule has 4 nitrogen and oxygen atoms in total. The van der Waals surface area contributed by atoms with Crippen LogP contribution in [0.4, 0.5) is 13.2 Å². The minimum Gasteiger partial charge on any atom is -0.480 e. The number of carboxylic acid groups (broad SMARTS) is 1. The van der Waals surface area contributed by atoms with Crippen molar-refractivity contribution in [2.24, 2.45) is 5.41 Å². The second kappa shape index (κ2) is 6.04. The second-order valence-corrected chi connectivity index (χ2v) is 7.14. The Bertz CT molecular complexity index is 689. The highest BCUT2D eigenvalue weighted by atomic mass is 19.4. The fourth-order valence-corrected chi connectivity index (χ4v) is 3.73. The van der Waals surface area contributed by atoms with Crippen LogP contribution in [0.2, 0.25) is 0 Å². The number of hydrogen-bond donors (Lipinski definition) is 2. The number of carbonyl (C=O) groups excluding carboxylic acids is 1. The van der Waals surface area contributed by atoms with Crippen molar-refractivity contribution in [1.82, 2.24) is 5.32 Å². The van der Waals surface area contributed by atoms with Gasteiger partial charge in [0.05, 0.1) is 5.56 Å². The topological polar surface area (TPSA) is 66.4 Å². The van der Waals surface area contributed by atoms with E-state index in [-0.39, 0.29) is 6.54 Å². The van der Waals surface area contributed by atoms with E-state index in [1.807, 2.05) is 0 Å². The largest absolute Gasteiger partial charge is 0.480 e. The van der Waals surface area contributed by atoms with E-state index in [2.05, 4.69) is 5.32 Å². The van der Waals surface area contributed by atoms with Gasteiger partial charge in [-0.05, 0) is 37.3 Å². The first-order valence-electron chi connectivity index (χ1n) is 8.39. The lowest BCUT2D eigenvalue weighted by atomic mass is 9.78. The van der Waals surface area contributed by atoms with Crippen molar-refractivity contribution in [2.75, 3.05) is 6.54 Å². The van der Waals surface area contributed by atoms with Gasteiger partial charge in [-0.3, -0.25) is 9.59 Å². The third-order valence-electron chi connectivity index (χ3n) is 5.54. The van der Waals surface area contributed by atoms with Gasteiger partial charge in [0, 0.05) is 12.0 Å². The van der Waals surface area contributed by atoms with Crippen LogP contribution in [0, 0.1) is 5.41 Å². The first-order chi connectivity index (χ1) is 11.7. The molecule has 0 unspecified atom stereocenters. The standard InChI is InChI=1S/C18H20F3NO3/c19-18(20,21)13-5-3-4-12(10-13)16(6-1-2-7-16)11-22-14(23)17(8-9-17)15(24)25/h3-5,10H,1-2,6-9,11H2,(H,22,23)(H,24,25). The average molecular weight is 355 g/mol. The molecule has 0 atom stereocenters.